The fourth-order valence-electron chi connectivity index (χ4n) is 1.92. The van der Waals surface area contributed by atoms with Crippen molar-refractivity contribution >= 4 is 5.97 Å². The maximum absolute atomic E-state index is 14.2. The average Bonchev–Trinajstić information content (AvgIpc) is 2.71. The SMILES string of the molecule is Cc1nn(C(C)C)cc1-c1cccc(C(=O)O)c1F. The van der Waals surface area contributed by atoms with Gasteiger partial charge >= 0.3 is 5.97 Å². The highest BCUT2D eigenvalue weighted by Gasteiger charge is 2.18. The Labute approximate surface area is 110 Å². The summed E-state index contributed by atoms with van der Waals surface area (Å²) in [6.07, 6.45) is 1.74. The third kappa shape index (κ3) is 2.36. The molecule has 1 N–H and O–H groups in total. The van der Waals surface area contributed by atoms with Gasteiger partial charge in [-0.05, 0) is 26.8 Å². The molecule has 5 heteroatoms. The van der Waals surface area contributed by atoms with Gasteiger partial charge in [0.1, 0.15) is 5.82 Å². The number of aryl methyl sites for hydroxylation is 1. The lowest BCUT2D eigenvalue weighted by atomic mass is 10.0. The van der Waals surface area contributed by atoms with Crippen molar-refractivity contribution in [3.05, 3.63) is 41.5 Å². The van der Waals surface area contributed by atoms with Crippen LogP contribution >= 0.6 is 0 Å². The highest BCUT2D eigenvalue weighted by Crippen LogP contribution is 2.28. The molecule has 0 aliphatic rings. The monoisotopic (exact) mass is 262 g/mol. The summed E-state index contributed by atoms with van der Waals surface area (Å²) in [5.41, 5.74) is 1.24. The second-order valence-corrected chi connectivity index (χ2v) is 4.67. The second kappa shape index (κ2) is 4.84. The van der Waals surface area contributed by atoms with E-state index >= 15 is 0 Å². The van der Waals surface area contributed by atoms with Gasteiger partial charge in [-0.15, -0.1) is 0 Å². The van der Waals surface area contributed by atoms with E-state index in [0.717, 1.165) is 0 Å². The van der Waals surface area contributed by atoms with E-state index in [4.69, 9.17) is 5.11 Å². The number of carbonyl (C=O) groups is 1. The molecule has 2 aromatic rings. The van der Waals surface area contributed by atoms with Gasteiger partial charge in [0.2, 0.25) is 0 Å². The number of hydrogen-bond acceptors (Lipinski definition) is 2. The van der Waals surface area contributed by atoms with Crippen LogP contribution in [0, 0.1) is 12.7 Å². The number of rotatable bonds is 3. The van der Waals surface area contributed by atoms with Crippen molar-refractivity contribution in [2.24, 2.45) is 0 Å². The molecule has 100 valence electrons. The quantitative estimate of drug-likeness (QED) is 0.923. The van der Waals surface area contributed by atoms with Crippen LogP contribution in [0.5, 0.6) is 0 Å². The van der Waals surface area contributed by atoms with E-state index in [-0.39, 0.29) is 17.2 Å². The fraction of sp³-hybridized carbons (Fsp3) is 0.286. The maximum atomic E-state index is 14.2. The molecule has 0 spiro atoms. The summed E-state index contributed by atoms with van der Waals surface area (Å²) in [7, 11) is 0. The Hall–Kier alpha value is -2.17. The van der Waals surface area contributed by atoms with Gasteiger partial charge in [0.15, 0.2) is 0 Å². The summed E-state index contributed by atoms with van der Waals surface area (Å²) in [5, 5.41) is 13.2. The molecular weight excluding hydrogens is 247 g/mol. The summed E-state index contributed by atoms with van der Waals surface area (Å²) in [6, 6.07) is 4.52. The van der Waals surface area contributed by atoms with E-state index in [9.17, 15) is 9.18 Å². The molecule has 0 atom stereocenters. The van der Waals surface area contributed by atoms with Gasteiger partial charge < -0.3 is 5.11 Å². The lowest BCUT2D eigenvalue weighted by Crippen LogP contribution is -2.01. The van der Waals surface area contributed by atoms with Crippen LogP contribution in [0.1, 0.15) is 35.9 Å². The van der Waals surface area contributed by atoms with Crippen LogP contribution in [0.15, 0.2) is 24.4 Å². The zero-order chi connectivity index (χ0) is 14.2. The van der Waals surface area contributed by atoms with E-state index in [1.807, 2.05) is 13.8 Å². The minimum atomic E-state index is -1.27. The van der Waals surface area contributed by atoms with E-state index in [2.05, 4.69) is 5.10 Å². The lowest BCUT2D eigenvalue weighted by Gasteiger charge is -2.05. The molecule has 0 aliphatic heterocycles. The number of hydrogen-bond donors (Lipinski definition) is 1. The minimum Gasteiger partial charge on any atom is -0.478 e. The fourth-order valence-corrected chi connectivity index (χ4v) is 1.92. The molecule has 1 heterocycles. The number of carboxylic acid groups (broad SMARTS) is 1. The van der Waals surface area contributed by atoms with Gasteiger partial charge in [-0.3, -0.25) is 4.68 Å². The number of aromatic nitrogens is 2. The van der Waals surface area contributed by atoms with Gasteiger partial charge in [0.05, 0.1) is 11.3 Å². The molecule has 2 rings (SSSR count). The molecule has 0 unspecified atom stereocenters. The van der Waals surface area contributed by atoms with Crippen molar-refractivity contribution in [1.82, 2.24) is 9.78 Å². The van der Waals surface area contributed by atoms with Crippen molar-refractivity contribution in [2.45, 2.75) is 26.8 Å². The predicted octanol–water partition coefficient (Wildman–Crippen LogP) is 3.28. The van der Waals surface area contributed by atoms with Gasteiger partial charge in [0, 0.05) is 23.4 Å². The van der Waals surface area contributed by atoms with Crippen molar-refractivity contribution < 1.29 is 14.3 Å². The van der Waals surface area contributed by atoms with Gasteiger partial charge in [-0.1, -0.05) is 12.1 Å². The Bertz CT molecular complexity index is 632. The highest BCUT2D eigenvalue weighted by atomic mass is 19.1. The summed E-state index contributed by atoms with van der Waals surface area (Å²) >= 11 is 0. The Morgan fingerprint density at radius 1 is 1.37 bits per heavy atom. The van der Waals surface area contributed by atoms with Crippen LogP contribution in [-0.2, 0) is 0 Å². The van der Waals surface area contributed by atoms with Gasteiger partial charge in [0.25, 0.3) is 0 Å². The summed E-state index contributed by atoms with van der Waals surface area (Å²) < 4.78 is 15.9. The van der Waals surface area contributed by atoms with Crippen molar-refractivity contribution in [2.75, 3.05) is 0 Å². The summed E-state index contributed by atoms with van der Waals surface area (Å²) in [6.45, 7) is 5.72. The lowest BCUT2D eigenvalue weighted by molar-refractivity contribution is 0.0692. The Balaban J connectivity index is 2.59. The molecule has 4 nitrogen and oxygen atoms in total. The molecule has 0 bridgehead atoms. The number of carboxylic acids is 1. The first-order chi connectivity index (χ1) is 8.91. The molecule has 0 saturated carbocycles. The average molecular weight is 262 g/mol. The first-order valence-electron chi connectivity index (χ1n) is 5.99. The Kier molecular flexibility index (Phi) is 3.38. The first-order valence-corrected chi connectivity index (χ1v) is 5.99. The standard InChI is InChI=1S/C14H15FN2O2/c1-8(2)17-7-12(9(3)16-17)10-5-4-6-11(13(10)15)14(18)19/h4-8H,1-3H3,(H,18,19). The Morgan fingerprint density at radius 3 is 2.58 bits per heavy atom. The highest BCUT2D eigenvalue weighted by molar-refractivity contribution is 5.90. The summed E-state index contributed by atoms with van der Waals surface area (Å²) in [5.74, 6) is -1.99. The molecule has 1 aromatic carbocycles. The molecule has 0 amide bonds. The number of nitrogens with zero attached hydrogens (tertiary/aromatic N) is 2. The van der Waals surface area contributed by atoms with E-state index in [1.165, 1.54) is 12.1 Å². The molecule has 19 heavy (non-hydrogen) atoms. The third-order valence-corrected chi connectivity index (χ3v) is 2.97. The molecule has 1 aromatic heterocycles. The molecular formula is C14H15FN2O2. The largest absolute Gasteiger partial charge is 0.478 e. The van der Waals surface area contributed by atoms with E-state index < -0.39 is 11.8 Å². The maximum Gasteiger partial charge on any atom is 0.338 e. The molecule has 0 fully saturated rings. The topological polar surface area (TPSA) is 55.1 Å². The summed E-state index contributed by atoms with van der Waals surface area (Å²) in [4.78, 5) is 10.9. The van der Waals surface area contributed by atoms with Gasteiger partial charge in [-0.25, -0.2) is 9.18 Å². The zero-order valence-corrected chi connectivity index (χ0v) is 11.0. The first kappa shape index (κ1) is 13.3. The number of benzene rings is 1. The number of aromatic carboxylic acids is 1. The van der Waals surface area contributed by atoms with Crippen LogP contribution < -0.4 is 0 Å². The van der Waals surface area contributed by atoms with Crippen LogP contribution in [-0.4, -0.2) is 20.9 Å². The van der Waals surface area contributed by atoms with Crippen molar-refractivity contribution in [3.8, 4) is 11.1 Å². The van der Waals surface area contributed by atoms with Crippen LogP contribution in [0.2, 0.25) is 0 Å². The van der Waals surface area contributed by atoms with Crippen molar-refractivity contribution in [3.63, 3.8) is 0 Å². The predicted molar refractivity (Wildman–Crippen MR) is 69.7 cm³/mol. The minimum absolute atomic E-state index is 0.165. The van der Waals surface area contributed by atoms with Crippen LogP contribution in [0.25, 0.3) is 11.1 Å². The van der Waals surface area contributed by atoms with E-state index in [1.54, 1.807) is 23.9 Å². The normalized spacial score (nSPS) is 11.0. The zero-order valence-electron chi connectivity index (χ0n) is 11.0. The van der Waals surface area contributed by atoms with Crippen LogP contribution in [0.4, 0.5) is 4.39 Å². The number of halogens is 1. The molecule has 0 radical (unpaired) electrons. The van der Waals surface area contributed by atoms with E-state index in [0.29, 0.717) is 11.3 Å². The smallest absolute Gasteiger partial charge is 0.338 e. The second-order valence-electron chi connectivity index (χ2n) is 4.67. The molecule has 0 saturated heterocycles. The van der Waals surface area contributed by atoms with Gasteiger partial charge in [-0.2, -0.15) is 5.10 Å². The molecule has 0 aliphatic carbocycles. The van der Waals surface area contributed by atoms with Crippen LogP contribution in [0.3, 0.4) is 0 Å². The Morgan fingerprint density at radius 2 is 2.05 bits per heavy atom. The third-order valence-electron chi connectivity index (χ3n) is 2.97. The van der Waals surface area contributed by atoms with Crippen molar-refractivity contribution in [1.29, 1.82) is 0 Å².